The van der Waals surface area contributed by atoms with Gasteiger partial charge in [-0.2, -0.15) is 18.2 Å². The van der Waals surface area contributed by atoms with Gasteiger partial charge in [0.05, 0.1) is 6.42 Å². The Balaban J connectivity index is 2.41. The van der Waals surface area contributed by atoms with E-state index in [4.69, 9.17) is 5.11 Å². The fraction of sp³-hybridized carbons (Fsp3) is 0.429. The highest BCUT2D eigenvalue weighted by Gasteiger charge is 2.27. The number of ether oxygens (including phenoxy) is 1. The Morgan fingerprint density at radius 1 is 1.60 bits per heavy atom. The molecule has 0 saturated heterocycles. The summed E-state index contributed by atoms with van der Waals surface area (Å²) < 4.78 is 43.9. The summed E-state index contributed by atoms with van der Waals surface area (Å²) in [5.41, 5.74) is -0.419. The van der Waals surface area contributed by atoms with Gasteiger partial charge >= 0.3 is 18.2 Å². The number of alkyl halides is 3. The third kappa shape index (κ3) is 3.88. The van der Waals surface area contributed by atoms with Crippen LogP contribution in [0.5, 0.6) is 6.08 Å². The molecule has 1 N–H and O–H groups in total. The minimum Gasteiger partial charge on any atom is -0.476 e. The molecule has 0 atom stereocenters. The minimum atomic E-state index is -4.33. The van der Waals surface area contributed by atoms with E-state index in [0.29, 0.717) is 0 Å². The number of aromatic nitrogens is 1. The van der Waals surface area contributed by atoms with Crippen molar-refractivity contribution in [1.82, 2.24) is 4.98 Å². The number of nitrogens with zero attached hydrogens (tertiary/aromatic N) is 1. The van der Waals surface area contributed by atoms with Crippen LogP contribution >= 0.6 is 0 Å². The number of hydrogen-bond acceptors (Lipinski definition) is 4. The second-order valence-corrected chi connectivity index (χ2v) is 2.52. The van der Waals surface area contributed by atoms with Gasteiger partial charge in [0.25, 0.3) is 0 Å². The van der Waals surface area contributed by atoms with Crippen LogP contribution in [-0.2, 0) is 0 Å². The summed E-state index contributed by atoms with van der Waals surface area (Å²) in [4.78, 5) is 13.6. The molecule has 0 saturated carbocycles. The number of halogens is 3. The summed E-state index contributed by atoms with van der Waals surface area (Å²) >= 11 is 0. The normalized spacial score (nSPS) is 11.4. The summed E-state index contributed by atoms with van der Waals surface area (Å²) in [5, 5.41) is 8.39. The van der Waals surface area contributed by atoms with Gasteiger partial charge in [-0.05, 0) is 0 Å². The lowest BCUT2D eigenvalue weighted by atomic mass is 10.4. The Kier molecular flexibility index (Phi) is 3.17. The fourth-order valence-electron chi connectivity index (χ4n) is 0.676. The SMILES string of the molecule is O=C(O)c1coc(OCCC(F)(F)F)n1. The molecule has 84 valence electrons. The summed E-state index contributed by atoms with van der Waals surface area (Å²) in [7, 11) is 0. The molecule has 0 unspecified atom stereocenters. The number of rotatable bonds is 4. The molecule has 0 amide bonds. The van der Waals surface area contributed by atoms with Gasteiger partial charge in [0.2, 0.25) is 0 Å². The van der Waals surface area contributed by atoms with Crippen LogP contribution in [0.4, 0.5) is 13.2 Å². The molecular formula is C7H6F3NO4. The summed E-state index contributed by atoms with van der Waals surface area (Å²) in [6, 6.07) is 0. The average molecular weight is 225 g/mol. The first-order valence-corrected chi connectivity index (χ1v) is 3.77. The number of aromatic carboxylic acids is 1. The highest BCUT2D eigenvalue weighted by Crippen LogP contribution is 2.20. The molecule has 0 aliphatic carbocycles. The Hall–Kier alpha value is -1.73. The summed E-state index contributed by atoms with van der Waals surface area (Å²) in [6.45, 7) is -0.664. The first-order chi connectivity index (χ1) is 6.88. The van der Waals surface area contributed by atoms with Crippen LogP contribution in [-0.4, -0.2) is 28.8 Å². The molecule has 1 aromatic rings. The number of carboxylic acid groups (broad SMARTS) is 1. The third-order valence-corrected chi connectivity index (χ3v) is 1.31. The highest BCUT2D eigenvalue weighted by atomic mass is 19.4. The van der Waals surface area contributed by atoms with Crippen LogP contribution in [0.1, 0.15) is 16.9 Å². The van der Waals surface area contributed by atoms with E-state index in [2.05, 4.69) is 14.1 Å². The van der Waals surface area contributed by atoms with Gasteiger partial charge in [-0.25, -0.2) is 4.79 Å². The number of hydrogen-bond donors (Lipinski definition) is 1. The van der Waals surface area contributed by atoms with Gasteiger partial charge in [0.15, 0.2) is 5.69 Å². The van der Waals surface area contributed by atoms with Crippen LogP contribution in [0.2, 0.25) is 0 Å². The van der Waals surface area contributed by atoms with Gasteiger partial charge in [-0.3, -0.25) is 0 Å². The van der Waals surface area contributed by atoms with E-state index in [9.17, 15) is 18.0 Å². The molecule has 0 aliphatic heterocycles. The lowest BCUT2D eigenvalue weighted by molar-refractivity contribution is -0.140. The average Bonchev–Trinajstić information content (AvgIpc) is 2.50. The maximum Gasteiger partial charge on any atom is 0.394 e. The van der Waals surface area contributed by atoms with Crippen molar-refractivity contribution in [3.63, 3.8) is 0 Å². The Labute approximate surface area is 81.5 Å². The summed E-state index contributed by atoms with van der Waals surface area (Å²) in [5.74, 6) is -1.34. The van der Waals surface area contributed by atoms with E-state index in [1.54, 1.807) is 0 Å². The van der Waals surface area contributed by atoms with Gasteiger partial charge in [-0.15, -0.1) is 0 Å². The molecule has 5 nitrogen and oxygen atoms in total. The molecule has 0 aromatic carbocycles. The zero-order valence-corrected chi connectivity index (χ0v) is 7.24. The second-order valence-electron chi connectivity index (χ2n) is 2.52. The van der Waals surface area contributed by atoms with Gasteiger partial charge in [0, 0.05) is 0 Å². The number of carbonyl (C=O) groups is 1. The number of carboxylic acids is 1. The zero-order valence-electron chi connectivity index (χ0n) is 7.24. The van der Waals surface area contributed by atoms with Gasteiger partial charge in [-0.1, -0.05) is 0 Å². The van der Waals surface area contributed by atoms with E-state index >= 15 is 0 Å². The highest BCUT2D eigenvalue weighted by molar-refractivity contribution is 5.84. The molecule has 1 heterocycles. The number of oxazole rings is 1. The molecule has 1 aromatic heterocycles. The van der Waals surface area contributed by atoms with E-state index in [1.165, 1.54) is 0 Å². The smallest absolute Gasteiger partial charge is 0.394 e. The Morgan fingerprint density at radius 2 is 2.27 bits per heavy atom. The molecule has 1 rings (SSSR count). The van der Waals surface area contributed by atoms with Gasteiger partial charge < -0.3 is 14.3 Å². The first kappa shape index (κ1) is 11.3. The molecule has 15 heavy (non-hydrogen) atoms. The maximum atomic E-state index is 11.7. The molecule has 0 fully saturated rings. The standard InChI is InChI=1S/C7H6F3NO4/c8-7(9,10)1-2-14-6-11-4(3-15-6)5(12)13/h3H,1-2H2,(H,12,13). The topological polar surface area (TPSA) is 72.6 Å². The molecule has 0 bridgehead atoms. The lowest BCUT2D eigenvalue weighted by Gasteiger charge is -2.04. The van der Waals surface area contributed by atoms with Crippen molar-refractivity contribution in [3.05, 3.63) is 12.0 Å². The van der Waals surface area contributed by atoms with E-state index in [-0.39, 0.29) is 0 Å². The van der Waals surface area contributed by atoms with E-state index in [1.807, 2.05) is 0 Å². The van der Waals surface area contributed by atoms with Crippen LogP contribution in [0.25, 0.3) is 0 Å². The molecule has 0 radical (unpaired) electrons. The van der Waals surface area contributed by atoms with Crippen LogP contribution in [0.15, 0.2) is 10.7 Å². The Bertz CT molecular complexity index is 346. The van der Waals surface area contributed by atoms with Crippen LogP contribution in [0.3, 0.4) is 0 Å². The fourth-order valence-corrected chi connectivity index (χ4v) is 0.676. The molecule has 8 heteroatoms. The maximum absolute atomic E-state index is 11.7. The van der Waals surface area contributed by atoms with Crippen molar-refractivity contribution < 1.29 is 32.2 Å². The van der Waals surface area contributed by atoms with Crippen molar-refractivity contribution in [2.75, 3.05) is 6.61 Å². The van der Waals surface area contributed by atoms with E-state index < -0.39 is 36.9 Å². The van der Waals surface area contributed by atoms with Crippen LogP contribution in [0, 0.1) is 0 Å². The monoisotopic (exact) mass is 225 g/mol. The van der Waals surface area contributed by atoms with E-state index in [0.717, 1.165) is 6.26 Å². The van der Waals surface area contributed by atoms with Crippen molar-refractivity contribution in [3.8, 4) is 6.08 Å². The van der Waals surface area contributed by atoms with Crippen molar-refractivity contribution >= 4 is 5.97 Å². The first-order valence-electron chi connectivity index (χ1n) is 3.77. The molecular weight excluding hydrogens is 219 g/mol. The minimum absolute atomic E-state index is 0.419. The summed E-state index contributed by atoms with van der Waals surface area (Å²) in [6.07, 6.45) is -5.19. The zero-order chi connectivity index (χ0) is 11.5. The van der Waals surface area contributed by atoms with Crippen molar-refractivity contribution in [2.45, 2.75) is 12.6 Å². The van der Waals surface area contributed by atoms with Crippen LogP contribution < -0.4 is 4.74 Å². The lowest BCUT2D eigenvalue weighted by Crippen LogP contribution is -2.13. The largest absolute Gasteiger partial charge is 0.476 e. The van der Waals surface area contributed by atoms with Crippen molar-refractivity contribution in [1.29, 1.82) is 0 Å². The quantitative estimate of drug-likeness (QED) is 0.844. The predicted octanol–water partition coefficient (Wildman–Crippen LogP) is 1.70. The predicted molar refractivity (Wildman–Crippen MR) is 39.6 cm³/mol. The van der Waals surface area contributed by atoms with Gasteiger partial charge in [0.1, 0.15) is 12.9 Å². The van der Waals surface area contributed by atoms with Crippen molar-refractivity contribution in [2.24, 2.45) is 0 Å². The second kappa shape index (κ2) is 4.20. The Morgan fingerprint density at radius 3 is 2.73 bits per heavy atom. The molecule has 0 spiro atoms. The molecule has 0 aliphatic rings. The third-order valence-electron chi connectivity index (χ3n) is 1.31.